The SMILES string of the molecule is Cc1cc(-c2cc(C)c(COCC3CO3)c(C)c2)cc(C)c1COCC1CO1. The van der Waals surface area contributed by atoms with Crippen LogP contribution in [0.3, 0.4) is 0 Å². The molecule has 0 aromatic heterocycles. The topological polar surface area (TPSA) is 43.5 Å². The Morgan fingerprint density at radius 3 is 1.29 bits per heavy atom. The summed E-state index contributed by atoms with van der Waals surface area (Å²) in [5, 5.41) is 0. The van der Waals surface area contributed by atoms with Crippen LogP contribution in [-0.4, -0.2) is 38.6 Å². The number of epoxide rings is 2. The lowest BCUT2D eigenvalue weighted by atomic mass is 9.92. The second kappa shape index (κ2) is 8.34. The maximum absolute atomic E-state index is 5.82. The monoisotopic (exact) mass is 382 g/mol. The summed E-state index contributed by atoms with van der Waals surface area (Å²) in [6, 6.07) is 9.09. The van der Waals surface area contributed by atoms with Crippen LogP contribution in [0.15, 0.2) is 24.3 Å². The Balaban J connectivity index is 1.49. The largest absolute Gasteiger partial charge is 0.374 e. The van der Waals surface area contributed by atoms with Gasteiger partial charge in [0.05, 0.1) is 39.6 Å². The van der Waals surface area contributed by atoms with Gasteiger partial charge in [0.2, 0.25) is 0 Å². The third-order valence-electron chi connectivity index (χ3n) is 5.63. The minimum Gasteiger partial charge on any atom is -0.374 e. The fourth-order valence-corrected chi connectivity index (χ4v) is 3.69. The summed E-state index contributed by atoms with van der Waals surface area (Å²) in [5.74, 6) is 0. The number of hydrogen-bond donors (Lipinski definition) is 0. The van der Waals surface area contributed by atoms with E-state index >= 15 is 0 Å². The molecule has 2 aliphatic heterocycles. The Morgan fingerprint density at radius 2 is 1.00 bits per heavy atom. The number of aryl methyl sites for hydroxylation is 4. The summed E-state index contributed by atoms with van der Waals surface area (Å²) in [6.07, 6.45) is 0.621. The zero-order valence-corrected chi connectivity index (χ0v) is 17.3. The van der Waals surface area contributed by atoms with Crippen molar-refractivity contribution in [2.24, 2.45) is 0 Å². The molecule has 2 unspecified atom stereocenters. The Hall–Kier alpha value is -1.72. The molecule has 2 aromatic carbocycles. The molecule has 4 rings (SSSR count). The second-order valence-electron chi connectivity index (χ2n) is 8.12. The lowest BCUT2D eigenvalue weighted by Gasteiger charge is -2.16. The molecule has 4 nitrogen and oxygen atoms in total. The lowest BCUT2D eigenvalue weighted by Crippen LogP contribution is -2.05. The average molecular weight is 383 g/mol. The molecule has 0 bridgehead atoms. The highest BCUT2D eigenvalue weighted by Crippen LogP contribution is 2.30. The van der Waals surface area contributed by atoms with Crippen LogP contribution < -0.4 is 0 Å². The van der Waals surface area contributed by atoms with Gasteiger partial charge in [-0.05, 0) is 72.2 Å². The van der Waals surface area contributed by atoms with Crippen LogP contribution in [0, 0.1) is 27.7 Å². The van der Waals surface area contributed by atoms with E-state index in [1.54, 1.807) is 0 Å². The molecule has 0 amide bonds. The molecule has 4 heteroatoms. The first-order valence-electron chi connectivity index (χ1n) is 10.1. The predicted octanol–water partition coefficient (Wildman–Crippen LogP) is 4.42. The summed E-state index contributed by atoms with van der Waals surface area (Å²) in [4.78, 5) is 0. The lowest BCUT2D eigenvalue weighted by molar-refractivity contribution is 0.103. The Labute approximate surface area is 167 Å². The molecule has 2 fully saturated rings. The van der Waals surface area contributed by atoms with E-state index in [0.717, 1.165) is 13.2 Å². The maximum Gasteiger partial charge on any atom is 0.104 e. The molecule has 2 aromatic rings. The molecule has 0 N–H and O–H groups in total. The number of benzene rings is 2. The molecule has 0 radical (unpaired) electrons. The van der Waals surface area contributed by atoms with Crippen molar-refractivity contribution in [2.75, 3.05) is 26.4 Å². The first kappa shape index (κ1) is 19.6. The van der Waals surface area contributed by atoms with E-state index in [1.165, 1.54) is 44.5 Å². The van der Waals surface area contributed by atoms with Gasteiger partial charge in [0.25, 0.3) is 0 Å². The Kier molecular flexibility index (Phi) is 5.83. The van der Waals surface area contributed by atoms with Crippen LogP contribution >= 0.6 is 0 Å². The van der Waals surface area contributed by atoms with Gasteiger partial charge in [0, 0.05) is 0 Å². The third-order valence-corrected chi connectivity index (χ3v) is 5.63. The summed E-state index contributed by atoms with van der Waals surface area (Å²) >= 11 is 0. The summed E-state index contributed by atoms with van der Waals surface area (Å²) in [7, 11) is 0. The van der Waals surface area contributed by atoms with Crippen molar-refractivity contribution >= 4 is 0 Å². The van der Waals surface area contributed by atoms with E-state index in [1.807, 2.05) is 0 Å². The van der Waals surface area contributed by atoms with Crippen molar-refractivity contribution in [1.29, 1.82) is 0 Å². The minimum atomic E-state index is 0.310. The summed E-state index contributed by atoms with van der Waals surface area (Å²) < 4.78 is 22.1. The van der Waals surface area contributed by atoms with E-state index in [-0.39, 0.29) is 0 Å². The normalized spacial score (nSPS) is 20.4. The van der Waals surface area contributed by atoms with Gasteiger partial charge in [-0.3, -0.25) is 0 Å². The molecule has 2 heterocycles. The van der Waals surface area contributed by atoms with Gasteiger partial charge in [0.15, 0.2) is 0 Å². The smallest absolute Gasteiger partial charge is 0.104 e. The molecule has 150 valence electrons. The van der Waals surface area contributed by atoms with Gasteiger partial charge < -0.3 is 18.9 Å². The van der Waals surface area contributed by atoms with Gasteiger partial charge in [-0.1, -0.05) is 24.3 Å². The predicted molar refractivity (Wildman–Crippen MR) is 110 cm³/mol. The van der Waals surface area contributed by atoms with Crippen LogP contribution in [0.2, 0.25) is 0 Å². The van der Waals surface area contributed by atoms with Crippen molar-refractivity contribution in [3.05, 3.63) is 57.6 Å². The maximum atomic E-state index is 5.82. The van der Waals surface area contributed by atoms with Gasteiger partial charge in [-0.25, -0.2) is 0 Å². The number of ether oxygens (including phenoxy) is 4. The molecule has 0 aliphatic carbocycles. The fraction of sp³-hybridized carbons (Fsp3) is 0.500. The Morgan fingerprint density at radius 1 is 0.679 bits per heavy atom. The molecular formula is C24H30O4. The highest BCUT2D eigenvalue weighted by atomic mass is 16.6. The van der Waals surface area contributed by atoms with Gasteiger partial charge in [-0.2, -0.15) is 0 Å². The number of hydrogen-bond acceptors (Lipinski definition) is 4. The first-order chi connectivity index (χ1) is 13.5. The number of rotatable bonds is 9. The van der Waals surface area contributed by atoms with Crippen molar-refractivity contribution in [1.82, 2.24) is 0 Å². The molecule has 28 heavy (non-hydrogen) atoms. The van der Waals surface area contributed by atoms with Crippen LogP contribution in [0.5, 0.6) is 0 Å². The van der Waals surface area contributed by atoms with Crippen molar-refractivity contribution in [3.63, 3.8) is 0 Å². The van der Waals surface area contributed by atoms with Crippen molar-refractivity contribution in [3.8, 4) is 11.1 Å². The van der Waals surface area contributed by atoms with Crippen molar-refractivity contribution < 1.29 is 18.9 Å². The average Bonchev–Trinajstić information content (AvgIpc) is 3.54. The summed E-state index contributed by atoms with van der Waals surface area (Å²) in [5.41, 5.74) is 10.2. The van der Waals surface area contributed by atoms with E-state index in [2.05, 4.69) is 52.0 Å². The minimum absolute atomic E-state index is 0.310. The molecule has 2 atom stereocenters. The van der Waals surface area contributed by atoms with Crippen LogP contribution in [0.1, 0.15) is 33.4 Å². The van der Waals surface area contributed by atoms with Crippen molar-refractivity contribution in [2.45, 2.75) is 53.1 Å². The van der Waals surface area contributed by atoms with E-state index in [0.29, 0.717) is 38.6 Å². The molecule has 2 saturated heterocycles. The second-order valence-corrected chi connectivity index (χ2v) is 8.12. The standard InChI is InChI=1S/C24H30O4/c1-15-5-19(6-16(2)23(15)13-25-9-21-11-27-21)20-7-17(3)24(18(4)8-20)14-26-10-22-12-28-22/h5-8,21-22H,9-14H2,1-4H3. The Bertz CT molecular complexity index is 732. The van der Waals surface area contributed by atoms with E-state index in [4.69, 9.17) is 18.9 Å². The van der Waals surface area contributed by atoms with Gasteiger partial charge in [-0.15, -0.1) is 0 Å². The van der Waals surface area contributed by atoms with E-state index < -0.39 is 0 Å². The van der Waals surface area contributed by atoms with Crippen LogP contribution in [0.4, 0.5) is 0 Å². The molecule has 2 aliphatic rings. The molecule has 0 spiro atoms. The van der Waals surface area contributed by atoms with Gasteiger partial charge in [0.1, 0.15) is 12.2 Å². The molecular weight excluding hydrogens is 352 g/mol. The first-order valence-corrected chi connectivity index (χ1v) is 10.1. The summed E-state index contributed by atoms with van der Waals surface area (Å²) in [6.45, 7) is 13.0. The van der Waals surface area contributed by atoms with Gasteiger partial charge >= 0.3 is 0 Å². The molecule has 0 saturated carbocycles. The van der Waals surface area contributed by atoms with E-state index in [9.17, 15) is 0 Å². The van der Waals surface area contributed by atoms with Crippen LogP contribution in [0.25, 0.3) is 11.1 Å². The quantitative estimate of drug-likeness (QED) is 0.602. The zero-order valence-electron chi connectivity index (χ0n) is 17.3. The zero-order chi connectivity index (χ0) is 19.7. The third kappa shape index (κ3) is 4.81. The fourth-order valence-electron chi connectivity index (χ4n) is 3.69. The van der Waals surface area contributed by atoms with Crippen LogP contribution in [-0.2, 0) is 32.2 Å². The highest BCUT2D eigenvalue weighted by molar-refractivity contribution is 5.68. The highest BCUT2D eigenvalue weighted by Gasteiger charge is 2.23.